The van der Waals surface area contributed by atoms with Crippen LogP contribution in [0.15, 0.2) is 60.8 Å². The fourth-order valence-corrected chi connectivity index (χ4v) is 12.0. The smallest absolute Gasteiger partial charge is 0.407 e. The summed E-state index contributed by atoms with van der Waals surface area (Å²) in [6.07, 6.45) is 8.30. The van der Waals surface area contributed by atoms with Crippen molar-refractivity contribution in [2.24, 2.45) is 23.2 Å². The Morgan fingerprint density at radius 3 is 2.20 bits per heavy atom. The standard InChI is InChI=1S/C51H60N8O6/c1-26(2)41(56-48(62)64-5)46(60)58-25-50(15-16-50)23-40(58)44-52-24-39(55-44)30-9-13-34-33-12-8-28(20-35(33)51(17-18-51)36(34)21-30)29-10-14-37-38(22-29)54-45(53-37)43-31-7-11-32(19-31)59(43)47(61)42(27(3)4)57-49(63)65-6/h8-10,12-14,20-22,24,26-27,31-32,40-43,48,56,62H,7,11,15-19,23,25H2,1-6H3,(H,52,55)(H,53,54)(H,57,63)/t31-,32+,40-,41-,42-,43-,48?/m0/s1. The number of nitrogens with zero attached hydrogens (tertiary/aromatic N) is 4. The van der Waals surface area contributed by atoms with Gasteiger partial charge >= 0.3 is 6.09 Å². The van der Waals surface area contributed by atoms with Crippen LogP contribution in [0.5, 0.6) is 0 Å². The van der Waals surface area contributed by atoms with Crippen molar-refractivity contribution in [1.82, 2.24) is 40.4 Å². The molecule has 6 aliphatic rings. The lowest BCUT2D eigenvalue weighted by Crippen LogP contribution is -2.54. The molecule has 340 valence electrons. The third-order valence-electron chi connectivity index (χ3n) is 15.9. The molecule has 3 aromatic carbocycles. The Balaban J connectivity index is 0.844. The number of aromatic amines is 2. The number of methoxy groups -OCH3 is 2. The van der Waals surface area contributed by atoms with E-state index in [1.54, 1.807) is 0 Å². The Morgan fingerprint density at radius 1 is 0.831 bits per heavy atom. The number of carbonyl (C=O) groups is 3. The maximum atomic E-state index is 14.1. The average Bonchev–Trinajstić information content (AvgIpc) is 3.74. The quantitative estimate of drug-likeness (QED) is 0.0786. The normalized spacial score (nSPS) is 24.3. The number of carbonyl (C=O) groups excluding carboxylic acids is 3. The van der Waals surface area contributed by atoms with E-state index >= 15 is 0 Å². The van der Waals surface area contributed by atoms with Crippen LogP contribution in [0.3, 0.4) is 0 Å². The third-order valence-corrected chi connectivity index (χ3v) is 15.9. The van der Waals surface area contributed by atoms with Crippen molar-refractivity contribution in [3.63, 3.8) is 0 Å². The highest BCUT2D eigenvalue weighted by Gasteiger charge is 2.56. The number of nitrogens with one attached hydrogen (secondary N) is 4. The lowest BCUT2D eigenvalue weighted by molar-refractivity contribution is -0.145. The van der Waals surface area contributed by atoms with Crippen molar-refractivity contribution in [3.05, 3.63) is 83.6 Å². The van der Waals surface area contributed by atoms with Gasteiger partial charge in [0.1, 0.15) is 17.7 Å². The fourth-order valence-electron chi connectivity index (χ4n) is 12.0. The molecule has 3 saturated carbocycles. The van der Waals surface area contributed by atoms with Gasteiger partial charge in [-0.15, -0.1) is 0 Å². The molecule has 14 nitrogen and oxygen atoms in total. The maximum Gasteiger partial charge on any atom is 0.407 e. The first-order valence-corrected chi connectivity index (χ1v) is 23.6. The van der Waals surface area contributed by atoms with Gasteiger partial charge in [-0.25, -0.2) is 14.8 Å². The second-order valence-electron chi connectivity index (χ2n) is 20.6. The summed E-state index contributed by atoms with van der Waals surface area (Å²) in [5.41, 5.74) is 11.5. The average molecular weight is 881 g/mol. The molecule has 5 fully saturated rings. The summed E-state index contributed by atoms with van der Waals surface area (Å²) in [7, 11) is 2.74. The van der Waals surface area contributed by atoms with Crippen LogP contribution >= 0.6 is 0 Å². The van der Waals surface area contributed by atoms with E-state index in [0.717, 1.165) is 96.4 Å². The summed E-state index contributed by atoms with van der Waals surface area (Å²) < 4.78 is 9.92. The van der Waals surface area contributed by atoms with Gasteiger partial charge in [0.2, 0.25) is 18.2 Å². The first-order chi connectivity index (χ1) is 31.3. The van der Waals surface area contributed by atoms with E-state index in [9.17, 15) is 19.5 Å². The van der Waals surface area contributed by atoms with Crippen LogP contribution in [-0.2, 0) is 24.5 Å². The van der Waals surface area contributed by atoms with E-state index < -0.39 is 24.6 Å². The zero-order valence-electron chi connectivity index (χ0n) is 38.1. The maximum absolute atomic E-state index is 14.1. The van der Waals surface area contributed by atoms with Gasteiger partial charge in [-0.05, 0) is 138 Å². The van der Waals surface area contributed by atoms with Crippen molar-refractivity contribution >= 4 is 28.9 Å². The Hall–Kier alpha value is -5.57. The largest absolute Gasteiger partial charge is 0.453 e. The Morgan fingerprint density at radius 2 is 1.52 bits per heavy atom. The summed E-state index contributed by atoms with van der Waals surface area (Å²) in [6, 6.07) is 18.6. The van der Waals surface area contributed by atoms with Crippen LogP contribution in [0.4, 0.5) is 4.79 Å². The molecular formula is C51H60N8O6. The van der Waals surface area contributed by atoms with Crippen LogP contribution in [0.25, 0.3) is 44.5 Å². The lowest BCUT2D eigenvalue weighted by atomic mass is 9.90. The van der Waals surface area contributed by atoms with Gasteiger partial charge in [0, 0.05) is 25.1 Å². The number of hydrogen-bond donors (Lipinski definition) is 5. The Labute approximate surface area is 379 Å². The minimum Gasteiger partial charge on any atom is -0.453 e. The van der Waals surface area contributed by atoms with E-state index in [4.69, 9.17) is 19.4 Å². The van der Waals surface area contributed by atoms with Crippen LogP contribution < -0.4 is 10.6 Å². The minimum absolute atomic E-state index is 0.0300. The highest BCUT2D eigenvalue weighted by Crippen LogP contribution is 2.64. The second kappa shape index (κ2) is 15.5. The van der Waals surface area contributed by atoms with Gasteiger partial charge in [0.15, 0.2) is 0 Å². The lowest BCUT2D eigenvalue weighted by Gasteiger charge is -2.37. The van der Waals surface area contributed by atoms with Crippen molar-refractivity contribution < 1.29 is 29.0 Å². The van der Waals surface area contributed by atoms with Crippen molar-refractivity contribution in [1.29, 1.82) is 0 Å². The number of H-pyrrole nitrogens is 2. The van der Waals surface area contributed by atoms with Crippen LogP contribution in [0, 0.1) is 23.2 Å². The number of aliphatic hydroxyl groups excluding tert-OH is 1. The summed E-state index contributed by atoms with van der Waals surface area (Å²) in [6.45, 7) is 8.54. The third kappa shape index (κ3) is 6.97. The zero-order valence-corrected chi connectivity index (χ0v) is 38.1. The number of aromatic nitrogens is 4. The highest BCUT2D eigenvalue weighted by molar-refractivity contribution is 5.90. The molecule has 0 radical (unpaired) electrons. The summed E-state index contributed by atoms with van der Waals surface area (Å²) in [5, 5.41) is 16.0. The SMILES string of the molecule is COC(=O)N[C@H](C(=O)N1[C@@H]2CC[C@@H](C2)[C@H]1c1nc2ccc(-c3ccc4c(c3)C3(CC3)c3cc(-c5cnc([C@@H]6CC7(CC7)CN6C(=O)[C@@H](NC(O)OC)C(C)C)[nH]5)ccc3-4)cc2[nH]1)C(C)C. The molecule has 11 rings (SSSR count). The summed E-state index contributed by atoms with van der Waals surface area (Å²) in [5.74, 6) is 1.65. The summed E-state index contributed by atoms with van der Waals surface area (Å²) >= 11 is 0. The number of alkyl carbamates (subject to hydrolysis) is 1. The number of likely N-dealkylation sites (tertiary alicyclic amines) is 2. The molecule has 4 aliphatic carbocycles. The number of benzene rings is 3. The highest BCUT2D eigenvalue weighted by atomic mass is 16.6. The van der Waals surface area contributed by atoms with Gasteiger partial charge < -0.3 is 39.7 Å². The molecule has 4 heterocycles. The first kappa shape index (κ1) is 42.1. The monoisotopic (exact) mass is 880 g/mol. The van der Waals surface area contributed by atoms with Crippen molar-refractivity contribution in [2.45, 2.75) is 121 Å². The second-order valence-corrected chi connectivity index (χ2v) is 20.6. The van der Waals surface area contributed by atoms with Crippen molar-refractivity contribution in [3.8, 4) is 33.5 Å². The molecule has 2 bridgehead atoms. The predicted molar refractivity (Wildman–Crippen MR) is 245 cm³/mol. The predicted octanol–water partition coefficient (Wildman–Crippen LogP) is 7.70. The molecule has 2 saturated heterocycles. The van der Waals surface area contributed by atoms with Gasteiger partial charge in [0.25, 0.3) is 0 Å². The topological polar surface area (TPSA) is 178 Å². The fraction of sp³-hybridized carbons (Fsp3) is 0.510. The van der Waals surface area contributed by atoms with Gasteiger partial charge in [-0.1, -0.05) is 58.0 Å². The Bertz CT molecular complexity index is 2710. The summed E-state index contributed by atoms with van der Waals surface area (Å²) in [4.78, 5) is 61.8. The van der Waals surface area contributed by atoms with E-state index in [-0.39, 0.29) is 52.6 Å². The number of aliphatic hydroxyl groups is 1. The molecule has 2 aliphatic heterocycles. The number of hydrogen-bond acceptors (Lipinski definition) is 9. The molecule has 3 amide bonds. The van der Waals surface area contributed by atoms with E-state index in [1.165, 1.54) is 36.5 Å². The van der Waals surface area contributed by atoms with Gasteiger partial charge in [0.05, 0.1) is 48.2 Å². The number of imidazole rings is 2. The zero-order chi connectivity index (χ0) is 45.1. The minimum atomic E-state index is -1.22. The number of ether oxygens (including phenoxy) is 2. The van der Waals surface area contributed by atoms with Gasteiger partial charge in [-0.2, -0.15) is 0 Å². The first-order valence-electron chi connectivity index (χ1n) is 23.6. The molecule has 5 N–H and O–H groups in total. The van der Waals surface area contributed by atoms with E-state index in [0.29, 0.717) is 12.5 Å². The van der Waals surface area contributed by atoms with Crippen LogP contribution in [0.2, 0.25) is 0 Å². The Kier molecular flexibility index (Phi) is 10.1. The number of rotatable bonds is 12. The molecule has 7 atom stereocenters. The van der Waals surface area contributed by atoms with Crippen LogP contribution in [-0.4, -0.2) is 98.1 Å². The van der Waals surface area contributed by atoms with Crippen molar-refractivity contribution in [2.75, 3.05) is 20.8 Å². The molecule has 14 heteroatoms. The van der Waals surface area contributed by atoms with E-state index in [1.807, 2.05) is 43.7 Å². The molecule has 5 aromatic rings. The molecule has 1 unspecified atom stereocenters. The molecule has 2 spiro atoms. The number of piperidine rings is 1. The molecule has 65 heavy (non-hydrogen) atoms. The van der Waals surface area contributed by atoms with Gasteiger partial charge in [-0.3, -0.25) is 14.9 Å². The number of fused-ring (bicyclic) bond motifs is 8. The van der Waals surface area contributed by atoms with E-state index in [2.05, 4.69) is 75.2 Å². The molecule has 2 aromatic heterocycles. The molecular weight excluding hydrogens is 821 g/mol. The number of amides is 3. The van der Waals surface area contributed by atoms with Crippen LogP contribution in [0.1, 0.15) is 114 Å².